The lowest BCUT2D eigenvalue weighted by Gasteiger charge is -2.16. The molecule has 0 radical (unpaired) electrons. The molecule has 0 bridgehead atoms. The molecule has 0 aliphatic rings. The fourth-order valence-electron chi connectivity index (χ4n) is 2.01. The van der Waals surface area contributed by atoms with Crippen LogP contribution in [0.25, 0.3) is 0 Å². The second kappa shape index (κ2) is 7.81. The molecule has 0 amide bonds. The van der Waals surface area contributed by atoms with E-state index < -0.39 is 0 Å². The third-order valence-corrected chi connectivity index (χ3v) is 4.14. The minimum Gasteiger partial charge on any atom is -0.496 e. The first kappa shape index (κ1) is 15.5. The summed E-state index contributed by atoms with van der Waals surface area (Å²) in [6, 6.07) is 18.2. The molecule has 0 fully saturated rings. The summed E-state index contributed by atoms with van der Waals surface area (Å²) in [5.74, 6) is 7.57. The van der Waals surface area contributed by atoms with Gasteiger partial charge in [0.2, 0.25) is 0 Å². The molecule has 0 aliphatic carbocycles. The Morgan fingerprint density at radius 1 is 0.952 bits per heavy atom. The molecule has 0 spiro atoms. The van der Waals surface area contributed by atoms with Gasteiger partial charge in [0, 0.05) is 16.4 Å². The Balaban J connectivity index is 2.33. The molecule has 0 saturated carbocycles. The highest BCUT2D eigenvalue weighted by atomic mass is 32.2. The lowest BCUT2D eigenvalue weighted by molar-refractivity contribution is 0.410. The van der Waals surface area contributed by atoms with E-state index in [0.717, 1.165) is 16.9 Å². The number of ether oxygens (including phenoxy) is 1. The van der Waals surface area contributed by atoms with Crippen LogP contribution in [0, 0.1) is 11.8 Å². The number of rotatable bonds is 4. The molecule has 0 aliphatic heterocycles. The topological polar surface area (TPSA) is 9.23 Å². The first-order chi connectivity index (χ1) is 10.2. The summed E-state index contributed by atoms with van der Waals surface area (Å²) in [7, 11) is 1.71. The Hall–Kier alpha value is -1.85. The highest BCUT2D eigenvalue weighted by Crippen LogP contribution is 2.36. The van der Waals surface area contributed by atoms with Gasteiger partial charge in [0.05, 0.1) is 12.4 Å². The molecule has 0 aromatic heterocycles. The number of methoxy groups -OCH3 is 1. The van der Waals surface area contributed by atoms with Crippen molar-refractivity contribution in [2.24, 2.45) is 0 Å². The van der Waals surface area contributed by atoms with E-state index in [1.807, 2.05) is 60.3 Å². The van der Waals surface area contributed by atoms with Gasteiger partial charge in [-0.1, -0.05) is 62.1 Å². The fourth-order valence-corrected chi connectivity index (χ4v) is 3.02. The Morgan fingerprint density at radius 2 is 1.62 bits per heavy atom. The Labute approximate surface area is 131 Å². The third kappa shape index (κ3) is 4.58. The van der Waals surface area contributed by atoms with Crippen molar-refractivity contribution in [1.82, 2.24) is 0 Å². The maximum Gasteiger partial charge on any atom is 0.124 e. The molecule has 0 heterocycles. The maximum atomic E-state index is 5.48. The molecule has 2 aromatic rings. The van der Waals surface area contributed by atoms with Crippen LogP contribution >= 0.6 is 11.8 Å². The van der Waals surface area contributed by atoms with Gasteiger partial charge in [-0.15, -0.1) is 11.8 Å². The van der Waals surface area contributed by atoms with Gasteiger partial charge in [-0.3, -0.25) is 0 Å². The lowest BCUT2D eigenvalue weighted by Crippen LogP contribution is -2.00. The van der Waals surface area contributed by atoms with Crippen molar-refractivity contribution < 1.29 is 4.74 Å². The smallest absolute Gasteiger partial charge is 0.124 e. The minimum atomic E-state index is 0.112. The van der Waals surface area contributed by atoms with E-state index in [1.54, 1.807) is 7.11 Å². The molecular formula is C19H20OS. The largest absolute Gasteiger partial charge is 0.496 e. The van der Waals surface area contributed by atoms with Crippen LogP contribution in [0.2, 0.25) is 0 Å². The van der Waals surface area contributed by atoms with Gasteiger partial charge in [0.15, 0.2) is 0 Å². The van der Waals surface area contributed by atoms with E-state index >= 15 is 0 Å². The molecule has 2 aromatic carbocycles. The molecule has 108 valence electrons. The second-order valence-electron chi connectivity index (χ2n) is 4.94. The zero-order valence-electron chi connectivity index (χ0n) is 12.7. The maximum absolute atomic E-state index is 5.48. The first-order valence-electron chi connectivity index (χ1n) is 7.05. The Bertz CT molecular complexity index is 623. The van der Waals surface area contributed by atoms with Gasteiger partial charge in [-0.05, 0) is 18.2 Å². The van der Waals surface area contributed by atoms with Gasteiger partial charge in [0.25, 0.3) is 0 Å². The predicted octanol–water partition coefficient (Wildman–Crippen LogP) is 4.93. The molecule has 2 rings (SSSR count). The van der Waals surface area contributed by atoms with Crippen molar-refractivity contribution >= 4 is 11.8 Å². The highest BCUT2D eigenvalue weighted by Gasteiger charge is 2.15. The van der Waals surface area contributed by atoms with Crippen molar-refractivity contribution in [3.8, 4) is 17.6 Å². The average molecular weight is 296 g/mol. The molecule has 21 heavy (non-hydrogen) atoms. The first-order valence-corrected chi connectivity index (χ1v) is 8.00. The van der Waals surface area contributed by atoms with Crippen LogP contribution in [0.4, 0.5) is 0 Å². The summed E-state index contributed by atoms with van der Waals surface area (Å²) in [6.45, 7) is 4.38. The summed E-state index contributed by atoms with van der Waals surface area (Å²) in [5, 5.41) is 0.617. The SMILES string of the molecule is COc1ccccc1[C@H](C#Cc1ccccc1)SC(C)C. The zero-order chi connectivity index (χ0) is 15.1. The molecule has 2 heteroatoms. The summed E-state index contributed by atoms with van der Waals surface area (Å²) >= 11 is 1.85. The minimum absolute atomic E-state index is 0.112. The van der Waals surface area contributed by atoms with E-state index in [1.165, 1.54) is 0 Å². The van der Waals surface area contributed by atoms with Crippen molar-refractivity contribution in [3.05, 3.63) is 65.7 Å². The normalized spacial score (nSPS) is 11.6. The van der Waals surface area contributed by atoms with Gasteiger partial charge >= 0.3 is 0 Å². The number of para-hydroxylation sites is 1. The van der Waals surface area contributed by atoms with Crippen molar-refractivity contribution in [2.45, 2.75) is 24.3 Å². The average Bonchev–Trinajstić information content (AvgIpc) is 2.52. The number of benzene rings is 2. The molecule has 0 saturated heterocycles. The van der Waals surface area contributed by atoms with Crippen molar-refractivity contribution in [2.75, 3.05) is 7.11 Å². The monoisotopic (exact) mass is 296 g/mol. The van der Waals surface area contributed by atoms with Crippen LogP contribution in [0.3, 0.4) is 0 Å². The summed E-state index contributed by atoms with van der Waals surface area (Å²) < 4.78 is 5.48. The van der Waals surface area contributed by atoms with Crippen LogP contribution in [0.5, 0.6) is 5.75 Å². The molecule has 0 unspecified atom stereocenters. The van der Waals surface area contributed by atoms with Crippen LogP contribution in [-0.4, -0.2) is 12.4 Å². The standard InChI is InChI=1S/C19H20OS/c1-15(2)21-19(14-13-16-9-5-4-6-10-16)17-11-7-8-12-18(17)20-3/h4-12,15,19H,1-3H3/t19-/m0/s1. The van der Waals surface area contributed by atoms with Crippen molar-refractivity contribution in [3.63, 3.8) is 0 Å². The molecule has 0 N–H and O–H groups in total. The number of hydrogen-bond acceptors (Lipinski definition) is 2. The van der Waals surface area contributed by atoms with Crippen LogP contribution in [0.15, 0.2) is 54.6 Å². The van der Waals surface area contributed by atoms with E-state index in [2.05, 4.69) is 31.8 Å². The third-order valence-electron chi connectivity index (χ3n) is 2.95. The van der Waals surface area contributed by atoms with Crippen LogP contribution in [0.1, 0.15) is 30.2 Å². The number of hydrogen-bond donors (Lipinski definition) is 0. The summed E-state index contributed by atoms with van der Waals surface area (Å²) in [4.78, 5) is 0. The fraction of sp³-hybridized carbons (Fsp3) is 0.263. The van der Waals surface area contributed by atoms with Crippen LogP contribution in [-0.2, 0) is 0 Å². The molecular weight excluding hydrogens is 276 g/mol. The molecule has 1 nitrogen and oxygen atoms in total. The van der Waals surface area contributed by atoms with Gasteiger partial charge < -0.3 is 4.74 Å². The lowest BCUT2D eigenvalue weighted by atomic mass is 10.1. The quantitative estimate of drug-likeness (QED) is 0.740. The summed E-state index contributed by atoms with van der Waals surface area (Å²) in [6.07, 6.45) is 0. The number of thioether (sulfide) groups is 1. The second-order valence-corrected chi connectivity index (χ2v) is 6.63. The van der Waals surface area contributed by atoms with E-state index in [-0.39, 0.29) is 5.25 Å². The van der Waals surface area contributed by atoms with Gasteiger partial charge in [-0.2, -0.15) is 0 Å². The van der Waals surface area contributed by atoms with Crippen molar-refractivity contribution in [1.29, 1.82) is 0 Å². The highest BCUT2D eigenvalue weighted by molar-refractivity contribution is 8.00. The Kier molecular flexibility index (Phi) is 5.78. The van der Waals surface area contributed by atoms with Gasteiger partial charge in [-0.25, -0.2) is 0 Å². The van der Waals surface area contributed by atoms with Gasteiger partial charge in [0.1, 0.15) is 5.75 Å². The zero-order valence-corrected chi connectivity index (χ0v) is 13.5. The predicted molar refractivity (Wildman–Crippen MR) is 91.8 cm³/mol. The van der Waals surface area contributed by atoms with E-state index in [4.69, 9.17) is 4.74 Å². The molecule has 1 atom stereocenters. The summed E-state index contributed by atoms with van der Waals surface area (Å²) in [5.41, 5.74) is 2.18. The van der Waals surface area contributed by atoms with E-state index in [9.17, 15) is 0 Å². The van der Waals surface area contributed by atoms with Crippen LogP contribution < -0.4 is 4.74 Å². The Morgan fingerprint density at radius 3 is 2.29 bits per heavy atom. The van der Waals surface area contributed by atoms with E-state index in [0.29, 0.717) is 5.25 Å².